The highest BCUT2D eigenvalue weighted by Gasteiger charge is 2.14. The molecule has 0 aromatic heterocycles. The number of ether oxygens (including phenoxy) is 2. The number of carbonyl (C=O) groups excluding carboxylic acids is 2. The fraction of sp³-hybridized carbons (Fsp3) is 0.261. The lowest BCUT2D eigenvalue weighted by Crippen LogP contribution is -2.15. The number of hydrogen-bond donors (Lipinski definition) is 0. The molecule has 0 bridgehead atoms. The number of hydrogen-bond acceptors (Lipinski definition) is 5. The first kappa shape index (κ1) is 20.9. The van der Waals surface area contributed by atoms with Crippen LogP contribution >= 0.6 is 0 Å². The average Bonchev–Trinajstić information content (AvgIpc) is 2.71. The molecule has 0 aliphatic carbocycles. The summed E-state index contributed by atoms with van der Waals surface area (Å²) in [7, 11) is 0. The maximum atomic E-state index is 12.2. The van der Waals surface area contributed by atoms with Crippen LogP contribution in [0.2, 0.25) is 0 Å². The molecule has 0 aliphatic rings. The first-order valence-electron chi connectivity index (χ1n) is 9.09. The van der Waals surface area contributed by atoms with E-state index in [0.29, 0.717) is 29.4 Å². The van der Waals surface area contributed by atoms with Crippen molar-refractivity contribution in [1.82, 2.24) is 0 Å². The van der Waals surface area contributed by atoms with Crippen molar-refractivity contribution in [1.29, 1.82) is 5.26 Å². The highest BCUT2D eigenvalue weighted by Crippen LogP contribution is 2.16. The Kier molecular flexibility index (Phi) is 7.53. The van der Waals surface area contributed by atoms with E-state index in [0.717, 1.165) is 5.56 Å². The van der Waals surface area contributed by atoms with Crippen LogP contribution in [0.3, 0.4) is 0 Å². The number of Topliss-reactive ketones (excluding diaryl/α,β-unsaturated/α-hetero) is 1. The number of nitriles is 1. The third-order valence-electron chi connectivity index (χ3n) is 4.08. The van der Waals surface area contributed by atoms with Gasteiger partial charge >= 0.3 is 5.97 Å². The quantitative estimate of drug-likeness (QED) is 0.292. The third-order valence-corrected chi connectivity index (χ3v) is 4.08. The maximum Gasteiger partial charge on any atom is 0.349 e. The summed E-state index contributed by atoms with van der Waals surface area (Å²) in [6, 6.07) is 16.0. The van der Waals surface area contributed by atoms with Gasteiger partial charge < -0.3 is 9.47 Å². The van der Waals surface area contributed by atoms with E-state index in [-0.39, 0.29) is 11.4 Å². The Bertz CT molecular complexity index is 888. The van der Waals surface area contributed by atoms with Gasteiger partial charge in [0.25, 0.3) is 0 Å². The average molecular weight is 377 g/mol. The molecule has 0 spiro atoms. The molecule has 0 saturated heterocycles. The lowest BCUT2D eigenvalue weighted by molar-refractivity contribution is -0.137. The third kappa shape index (κ3) is 5.82. The second-order valence-corrected chi connectivity index (χ2v) is 6.45. The van der Waals surface area contributed by atoms with Crippen LogP contribution in [-0.4, -0.2) is 25.0 Å². The van der Waals surface area contributed by atoms with Crippen molar-refractivity contribution in [2.45, 2.75) is 26.7 Å². The van der Waals surface area contributed by atoms with Gasteiger partial charge in [-0.1, -0.05) is 50.2 Å². The molecule has 2 rings (SSSR count). The zero-order valence-electron chi connectivity index (χ0n) is 16.3. The SMILES string of the molecule is CCOc1ccc(/C=C(\C#N)C(=O)OCC(=O)c2ccc(C(C)C)cc2)cc1. The summed E-state index contributed by atoms with van der Waals surface area (Å²) in [5.41, 5.74) is 2.07. The largest absolute Gasteiger partial charge is 0.494 e. The second kappa shape index (κ2) is 10.1. The summed E-state index contributed by atoms with van der Waals surface area (Å²) in [6.07, 6.45) is 1.42. The van der Waals surface area contributed by atoms with E-state index in [4.69, 9.17) is 9.47 Å². The first-order chi connectivity index (χ1) is 13.4. The Morgan fingerprint density at radius 2 is 1.71 bits per heavy atom. The summed E-state index contributed by atoms with van der Waals surface area (Å²) < 4.78 is 10.4. The van der Waals surface area contributed by atoms with E-state index >= 15 is 0 Å². The Morgan fingerprint density at radius 1 is 1.07 bits per heavy atom. The molecule has 28 heavy (non-hydrogen) atoms. The molecule has 5 nitrogen and oxygen atoms in total. The zero-order valence-corrected chi connectivity index (χ0v) is 16.3. The van der Waals surface area contributed by atoms with Gasteiger partial charge in [-0.25, -0.2) is 4.79 Å². The van der Waals surface area contributed by atoms with E-state index in [1.807, 2.05) is 25.1 Å². The highest BCUT2D eigenvalue weighted by atomic mass is 16.5. The topological polar surface area (TPSA) is 76.4 Å². The van der Waals surface area contributed by atoms with Crippen molar-refractivity contribution < 1.29 is 19.1 Å². The number of ketones is 1. The van der Waals surface area contributed by atoms with Crippen LogP contribution in [0.5, 0.6) is 5.75 Å². The number of rotatable bonds is 8. The monoisotopic (exact) mass is 377 g/mol. The summed E-state index contributed by atoms with van der Waals surface area (Å²) >= 11 is 0. The molecule has 0 N–H and O–H groups in total. The van der Waals surface area contributed by atoms with Crippen LogP contribution in [-0.2, 0) is 9.53 Å². The van der Waals surface area contributed by atoms with Gasteiger partial charge in [-0.05, 0) is 42.2 Å². The molecule has 0 heterocycles. The van der Waals surface area contributed by atoms with Crippen molar-refractivity contribution >= 4 is 17.8 Å². The van der Waals surface area contributed by atoms with Crippen LogP contribution in [0, 0.1) is 11.3 Å². The molecule has 0 radical (unpaired) electrons. The van der Waals surface area contributed by atoms with Gasteiger partial charge in [0.1, 0.15) is 17.4 Å². The van der Waals surface area contributed by atoms with E-state index in [1.54, 1.807) is 36.4 Å². The normalized spacial score (nSPS) is 11.0. The second-order valence-electron chi connectivity index (χ2n) is 6.45. The van der Waals surface area contributed by atoms with Crippen molar-refractivity contribution in [3.8, 4) is 11.8 Å². The number of nitrogens with zero attached hydrogens (tertiary/aromatic N) is 1. The van der Waals surface area contributed by atoms with Crippen LogP contribution in [0.4, 0.5) is 0 Å². The predicted octanol–water partition coefficient (Wildman–Crippen LogP) is 4.54. The van der Waals surface area contributed by atoms with Crippen molar-refractivity contribution in [2.75, 3.05) is 13.2 Å². The maximum absolute atomic E-state index is 12.2. The summed E-state index contributed by atoms with van der Waals surface area (Å²) in [5.74, 6) is -0.0757. The van der Waals surface area contributed by atoms with Crippen molar-refractivity contribution in [3.05, 3.63) is 70.8 Å². The van der Waals surface area contributed by atoms with Gasteiger partial charge in [0, 0.05) is 5.56 Å². The highest BCUT2D eigenvalue weighted by molar-refractivity contribution is 6.01. The first-order valence-corrected chi connectivity index (χ1v) is 9.09. The molecule has 0 saturated carbocycles. The molecule has 0 unspecified atom stereocenters. The van der Waals surface area contributed by atoms with E-state index in [9.17, 15) is 14.9 Å². The minimum absolute atomic E-state index is 0.174. The van der Waals surface area contributed by atoms with Crippen LogP contribution in [0.25, 0.3) is 6.08 Å². The molecule has 2 aromatic rings. The lowest BCUT2D eigenvalue weighted by Gasteiger charge is -2.07. The van der Waals surface area contributed by atoms with Gasteiger partial charge in [0.05, 0.1) is 6.61 Å². The van der Waals surface area contributed by atoms with Gasteiger partial charge in [-0.15, -0.1) is 0 Å². The molecular weight excluding hydrogens is 354 g/mol. The molecule has 0 amide bonds. The van der Waals surface area contributed by atoms with E-state index in [1.165, 1.54) is 6.08 Å². The molecule has 0 fully saturated rings. The predicted molar refractivity (Wildman–Crippen MR) is 107 cm³/mol. The molecule has 5 heteroatoms. The van der Waals surface area contributed by atoms with E-state index < -0.39 is 12.6 Å². The number of esters is 1. The van der Waals surface area contributed by atoms with Crippen LogP contribution < -0.4 is 4.74 Å². The minimum atomic E-state index is -0.830. The summed E-state index contributed by atoms with van der Waals surface area (Å²) in [4.78, 5) is 24.3. The van der Waals surface area contributed by atoms with Crippen LogP contribution in [0.15, 0.2) is 54.1 Å². The van der Waals surface area contributed by atoms with Gasteiger partial charge in [-0.3, -0.25) is 4.79 Å². The Morgan fingerprint density at radius 3 is 2.25 bits per heavy atom. The molecule has 2 aromatic carbocycles. The molecular formula is C23H23NO4. The van der Waals surface area contributed by atoms with E-state index in [2.05, 4.69) is 13.8 Å². The van der Waals surface area contributed by atoms with Gasteiger partial charge in [0.2, 0.25) is 0 Å². The molecule has 144 valence electrons. The standard InChI is InChI=1S/C23H23NO4/c1-4-27-21-11-5-17(6-12-21)13-20(14-24)23(26)28-15-22(25)19-9-7-18(8-10-19)16(2)3/h5-13,16H,4,15H2,1-3H3/b20-13+. The van der Waals surface area contributed by atoms with Crippen molar-refractivity contribution in [3.63, 3.8) is 0 Å². The summed E-state index contributed by atoms with van der Waals surface area (Å²) in [5, 5.41) is 9.23. The van der Waals surface area contributed by atoms with Crippen molar-refractivity contribution in [2.24, 2.45) is 0 Å². The van der Waals surface area contributed by atoms with Crippen LogP contribution in [0.1, 0.15) is 48.2 Å². The summed E-state index contributed by atoms with van der Waals surface area (Å²) in [6.45, 7) is 6.16. The fourth-order valence-electron chi connectivity index (χ4n) is 2.48. The van der Waals surface area contributed by atoms with Gasteiger partial charge in [-0.2, -0.15) is 5.26 Å². The fourth-order valence-corrected chi connectivity index (χ4v) is 2.48. The number of benzene rings is 2. The Labute approximate surface area is 165 Å². The smallest absolute Gasteiger partial charge is 0.349 e. The zero-order chi connectivity index (χ0) is 20.5. The minimum Gasteiger partial charge on any atom is -0.494 e. The lowest BCUT2D eigenvalue weighted by atomic mass is 10.0. The van der Waals surface area contributed by atoms with Gasteiger partial charge in [0.15, 0.2) is 12.4 Å². The number of carbonyl (C=O) groups is 2. The Balaban J connectivity index is 1.99. The molecule has 0 aliphatic heterocycles. The molecule has 0 atom stereocenters. The Hall–Kier alpha value is -3.39.